The van der Waals surface area contributed by atoms with Crippen molar-refractivity contribution in [1.82, 2.24) is 21.0 Å². The summed E-state index contributed by atoms with van der Waals surface area (Å²) in [7, 11) is 0. The van der Waals surface area contributed by atoms with Gasteiger partial charge in [0.15, 0.2) is 11.5 Å². The van der Waals surface area contributed by atoms with E-state index in [1.807, 2.05) is 66.4 Å². The topological polar surface area (TPSA) is 85.8 Å². The third-order valence-corrected chi connectivity index (χ3v) is 5.52. The molecule has 1 unspecified atom stereocenters. The molecule has 0 aliphatic carbocycles. The molecule has 2 aliphatic rings. The number of thioether (sulfide) groups is 1. The second kappa shape index (κ2) is 8.40. The van der Waals surface area contributed by atoms with Crippen LogP contribution < -0.4 is 16.1 Å². The third-order valence-electron chi connectivity index (χ3n) is 4.57. The first kappa shape index (κ1) is 19.1. The van der Waals surface area contributed by atoms with Crippen LogP contribution in [0.3, 0.4) is 0 Å². The van der Waals surface area contributed by atoms with Gasteiger partial charge in [0.1, 0.15) is 0 Å². The van der Waals surface area contributed by atoms with Crippen LogP contribution in [0.2, 0.25) is 0 Å². The lowest BCUT2D eigenvalue weighted by Gasteiger charge is -2.32. The highest BCUT2D eigenvalue weighted by Gasteiger charge is 2.36. The summed E-state index contributed by atoms with van der Waals surface area (Å²) in [5.41, 5.74) is 6.82. The second-order valence-corrected chi connectivity index (χ2v) is 7.69. The van der Waals surface area contributed by atoms with E-state index in [4.69, 9.17) is 0 Å². The molecule has 2 aromatic rings. The van der Waals surface area contributed by atoms with Gasteiger partial charge in [-0.25, -0.2) is 0 Å². The Balaban J connectivity index is 1.38. The Morgan fingerprint density at radius 1 is 1.17 bits per heavy atom. The lowest BCUT2D eigenvalue weighted by atomic mass is 10.1. The van der Waals surface area contributed by atoms with Crippen LogP contribution in [0, 0.1) is 6.92 Å². The number of hydrogen-bond donors (Lipinski definition) is 3. The van der Waals surface area contributed by atoms with E-state index in [0.29, 0.717) is 11.7 Å². The van der Waals surface area contributed by atoms with Crippen molar-refractivity contribution in [3.63, 3.8) is 0 Å². The molecule has 2 amide bonds. The van der Waals surface area contributed by atoms with Gasteiger partial charge in [-0.05, 0) is 18.1 Å². The minimum Gasteiger partial charge on any atom is -0.351 e. The Labute approximate surface area is 173 Å². The fourth-order valence-electron chi connectivity index (χ4n) is 3.07. The van der Waals surface area contributed by atoms with Gasteiger partial charge in [-0.3, -0.25) is 19.9 Å². The minimum absolute atomic E-state index is 0.0759. The number of nitrogens with one attached hydrogen (secondary N) is 3. The van der Waals surface area contributed by atoms with Crippen LogP contribution in [-0.2, 0) is 16.1 Å². The molecule has 0 fully saturated rings. The largest absolute Gasteiger partial charge is 0.351 e. The van der Waals surface area contributed by atoms with Gasteiger partial charge in [-0.15, -0.1) is 0 Å². The third kappa shape index (κ3) is 4.43. The van der Waals surface area contributed by atoms with E-state index in [2.05, 4.69) is 21.2 Å². The Morgan fingerprint density at radius 3 is 2.69 bits per heavy atom. The highest BCUT2D eigenvalue weighted by molar-refractivity contribution is 8.14. The maximum absolute atomic E-state index is 12.3. The molecule has 0 radical (unpaired) electrons. The Bertz CT molecular complexity index is 972. The molecule has 1 atom stereocenters. The number of hydrazone groups is 1. The Hall–Kier alpha value is -3.26. The number of fused-ring (bicyclic) bond motifs is 1. The molecule has 0 saturated carbocycles. The van der Waals surface area contributed by atoms with E-state index in [-0.39, 0.29) is 17.6 Å². The van der Waals surface area contributed by atoms with Gasteiger partial charge in [-0.1, -0.05) is 71.9 Å². The van der Waals surface area contributed by atoms with E-state index < -0.39 is 6.29 Å². The molecule has 0 saturated heterocycles. The summed E-state index contributed by atoms with van der Waals surface area (Å²) in [6.45, 7) is 2.52. The van der Waals surface area contributed by atoms with Crippen molar-refractivity contribution in [3.8, 4) is 0 Å². The average Bonchev–Trinajstić information content (AvgIpc) is 3.14. The molecule has 8 heteroatoms. The predicted octanol–water partition coefficient (Wildman–Crippen LogP) is 1.98. The SMILES string of the molecule is Cc1ccc(CNC(=O)CSC2=NNC3NC(=O)C=C(c4ccccc4)N23)cc1. The van der Waals surface area contributed by atoms with Crippen molar-refractivity contribution in [3.05, 3.63) is 77.4 Å². The fourth-order valence-corrected chi connectivity index (χ4v) is 3.89. The van der Waals surface area contributed by atoms with Crippen molar-refractivity contribution in [2.75, 3.05) is 5.75 Å². The smallest absolute Gasteiger partial charge is 0.249 e. The zero-order valence-electron chi connectivity index (χ0n) is 15.9. The van der Waals surface area contributed by atoms with Crippen LogP contribution in [0.1, 0.15) is 16.7 Å². The number of hydrogen-bond acceptors (Lipinski definition) is 6. The van der Waals surface area contributed by atoms with Crippen LogP contribution in [0.25, 0.3) is 5.70 Å². The van der Waals surface area contributed by atoms with E-state index in [1.54, 1.807) is 6.08 Å². The van der Waals surface area contributed by atoms with Crippen molar-refractivity contribution in [1.29, 1.82) is 0 Å². The first-order valence-electron chi connectivity index (χ1n) is 9.25. The summed E-state index contributed by atoms with van der Waals surface area (Å²) in [4.78, 5) is 26.2. The number of nitrogens with zero attached hydrogens (tertiary/aromatic N) is 2. The Morgan fingerprint density at radius 2 is 1.93 bits per heavy atom. The van der Waals surface area contributed by atoms with E-state index >= 15 is 0 Å². The van der Waals surface area contributed by atoms with E-state index in [1.165, 1.54) is 17.3 Å². The molecule has 2 heterocycles. The van der Waals surface area contributed by atoms with Crippen LogP contribution in [0.4, 0.5) is 0 Å². The van der Waals surface area contributed by atoms with E-state index in [9.17, 15) is 9.59 Å². The molecule has 7 nitrogen and oxygen atoms in total. The van der Waals surface area contributed by atoms with Crippen LogP contribution >= 0.6 is 11.8 Å². The zero-order chi connectivity index (χ0) is 20.2. The van der Waals surface area contributed by atoms with Crippen molar-refractivity contribution in [2.45, 2.75) is 19.8 Å². The maximum atomic E-state index is 12.3. The molecule has 2 aliphatic heterocycles. The van der Waals surface area contributed by atoms with Gasteiger partial charge in [0.2, 0.25) is 11.8 Å². The van der Waals surface area contributed by atoms with Gasteiger partial charge in [0, 0.05) is 12.6 Å². The summed E-state index contributed by atoms with van der Waals surface area (Å²) >= 11 is 1.32. The lowest BCUT2D eigenvalue weighted by molar-refractivity contribution is -0.119. The van der Waals surface area contributed by atoms with Crippen molar-refractivity contribution < 1.29 is 9.59 Å². The molecule has 29 heavy (non-hydrogen) atoms. The summed E-state index contributed by atoms with van der Waals surface area (Å²) in [6.07, 6.45) is 1.09. The van der Waals surface area contributed by atoms with Crippen molar-refractivity contribution in [2.24, 2.45) is 5.10 Å². The highest BCUT2D eigenvalue weighted by Crippen LogP contribution is 2.29. The van der Waals surface area contributed by atoms with Gasteiger partial charge < -0.3 is 10.6 Å². The Kier molecular flexibility index (Phi) is 5.53. The standard InChI is InChI=1S/C21H21N5O2S/c1-14-7-9-15(10-8-14)12-22-19(28)13-29-21-25-24-20-23-18(27)11-17(26(20)21)16-5-3-2-4-6-16/h2-11,20,24H,12-13H2,1H3,(H,22,28)(H,23,27). The summed E-state index contributed by atoms with van der Waals surface area (Å²) < 4.78 is 0. The van der Waals surface area contributed by atoms with E-state index in [0.717, 1.165) is 16.8 Å². The average molecular weight is 407 g/mol. The quantitative estimate of drug-likeness (QED) is 0.706. The molecule has 2 aromatic carbocycles. The summed E-state index contributed by atoms with van der Waals surface area (Å²) in [6, 6.07) is 17.7. The number of carbonyl (C=O) groups excluding carboxylic acids is 2. The van der Waals surface area contributed by atoms with Crippen LogP contribution in [0.15, 0.2) is 65.8 Å². The maximum Gasteiger partial charge on any atom is 0.249 e. The van der Waals surface area contributed by atoms with Gasteiger partial charge in [0.25, 0.3) is 0 Å². The summed E-state index contributed by atoms with van der Waals surface area (Å²) in [5.74, 6) is -0.0334. The number of amides is 2. The molecule has 0 aromatic heterocycles. The molecular weight excluding hydrogens is 386 g/mol. The monoisotopic (exact) mass is 407 g/mol. The fraction of sp³-hybridized carbons (Fsp3) is 0.190. The highest BCUT2D eigenvalue weighted by atomic mass is 32.2. The number of amidine groups is 1. The van der Waals surface area contributed by atoms with Crippen molar-refractivity contribution >= 4 is 34.4 Å². The number of aryl methyl sites for hydroxylation is 1. The lowest BCUT2D eigenvalue weighted by Crippen LogP contribution is -2.54. The van der Waals surface area contributed by atoms with Crippen LogP contribution in [0.5, 0.6) is 0 Å². The van der Waals surface area contributed by atoms with Gasteiger partial charge >= 0.3 is 0 Å². The molecule has 4 rings (SSSR count). The number of carbonyl (C=O) groups is 2. The zero-order valence-corrected chi connectivity index (χ0v) is 16.7. The second-order valence-electron chi connectivity index (χ2n) is 6.75. The van der Waals surface area contributed by atoms with Gasteiger partial charge in [-0.2, -0.15) is 5.10 Å². The number of benzene rings is 2. The van der Waals surface area contributed by atoms with Crippen LogP contribution in [-0.4, -0.2) is 33.9 Å². The predicted molar refractivity (Wildman–Crippen MR) is 114 cm³/mol. The molecule has 3 N–H and O–H groups in total. The minimum atomic E-state index is -0.458. The first-order chi connectivity index (χ1) is 14.1. The first-order valence-corrected chi connectivity index (χ1v) is 10.2. The normalized spacial score (nSPS) is 17.6. The molecular formula is C21H21N5O2S. The molecule has 0 bridgehead atoms. The molecule has 148 valence electrons. The number of rotatable bonds is 5. The molecule has 0 spiro atoms. The summed E-state index contributed by atoms with van der Waals surface area (Å²) in [5, 5.41) is 10.7. The van der Waals surface area contributed by atoms with Gasteiger partial charge in [0.05, 0.1) is 11.4 Å².